The lowest BCUT2D eigenvalue weighted by molar-refractivity contribution is -0.120. The third kappa shape index (κ3) is 13.8. The highest BCUT2D eigenvalue weighted by Gasteiger charge is 2.05. The Morgan fingerprint density at radius 2 is 1.41 bits per heavy atom. The maximum Gasteiger partial charge on any atom is 0.224 e. The minimum atomic E-state index is -0.187. The first-order valence-corrected chi connectivity index (χ1v) is 11.6. The van der Waals surface area contributed by atoms with Crippen LogP contribution in [0.3, 0.4) is 0 Å². The van der Waals surface area contributed by atoms with E-state index in [2.05, 4.69) is 24.4 Å². The average molecular weight is 404 g/mol. The molecule has 0 aliphatic rings. The maximum absolute atomic E-state index is 11.9. The number of phenolic OH excluding ortho intramolecular Hbond substituents is 2. The van der Waals surface area contributed by atoms with Gasteiger partial charge < -0.3 is 15.5 Å². The van der Waals surface area contributed by atoms with Gasteiger partial charge in [-0.3, -0.25) is 4.79 Å². The number of nitrogens with one attached hydrogen (secondary N) is 1. The van der Waals surface area contributed by atoms with Crippen LogP contribution >= 0.6 is 0 Å². The van der Waals surface area contributed by atoms with E-state index >= 15 is 0 Å². The van der Waals surface area contributed by atoms with Crippen molar-refractivity contribution in [2.45, 2.75) is 96.8 Å². The van der Waals surface area contributed by atoms with Gasteiger partial charge in [-0.1, -0.05) is 76.5 Å². The largest absolute Gasteiger partial charge is 0.504 e. The molecule has 4 heteroatoms. The number of phenols is 2. The van der Waals surface area contributed by atoms with Crippen molar-refractivity contribution in [1.82, 2.24) is 5.32 Å². The lowest BCUT2D eigenvalue weighted by atomic mass is 10.1. The van der Waals surface area contributed by atoms with Crippen molar-refractivity contribution in [2.75, 3.05) is 6.54 Å². The fourth-order valence-corrected chi connectivity index (χ4v) is 3.35. The van der Waals surface area contributed by atoms with Crippen molar-refractivity contribution in [3.8, 4) is 11.5 Å². The van der Waals surface area contributed by atoms with Crippen LogP contribution in [0, 0.1) is 0 Å². The maximum atomic E-state index is 11.9. The Kier molecular flexibility index (Phi) is 14.6. The van der Waals surface area contributed by atoms with E-state index in [1.54, 1.807) is 6.07 Å². The zero-order valence-electron chi connectivity index (χ0n) is 18.3. The van der Waals surface area contributed by atoms with E-state index in [9.17, 15) is 15.0 Å². The third-order valence-corrected chi connectivity index (χ3v) is 5.17. The number of carbonyl (C=O) groups is 1. The molecular formula is C25H41NO3. The molecule has 0 atom stereocenters. The van der Waals surface area contributed by atoms with Crippen LogP contribution < -0.4 is 5.32 Å². The molecule has 0 aliphatic carbocycles. The second-order valence-electron chi connectivity index (χ2n) is 7.93. The van der Waals surface area contributed by atoms with Gasteiger partial charge in [0, 0.05) is 6.54 Å². The Morgan fingerprint density at radius 3 is 2.03 bits per heavy atom. The number of amides is 1. The van der Waals surface area contributed by atoms with Gasteiger partial charge in [-0.05, 0) is 49.8 Å². The van der Waals surface area contributed by atoms with E-state index < -0.39 is 0 Å². The van der Waals surface area contributed by atoms with Crippen LogP contribution in [0.15, 0.2) is 30.4 Å². The van der Waals surface area contributed by atoms with Crippen molar-refractivity contribution in [3.63, 3.8) is 0 Å². The van der Waals surface area contributed by atoms with E-state index in [0.717, 1.165) is 12.8 Å². The van der Waals surface area contributed by atoms with Crippen LogP contribution in [0.5, 0.6) is 11.5 Å². The molecule has 0 spiro atoms. The zero-order chi connectivity index (χ0) is 21.2. The van der Waals surface area contributed by atoms with Crippen LogP contribution in [-0.2, 0) is 11.2 Å². The van der Waals surface area contributed by atoms with E-state index in [0.29, 0.717) is 12.1 Å². The minimum absolute atomic E-state index is 0.0504. The first kappa shape index (κ1) is 25.1. The van der Waals surface area contributed by atoms with Gasteiger partial charge in [0.2, 0.25) is 5.91 Å². The molecular weight excluding hydrogens is 362 g/mol. The van der Waals surface area contributed by atoms with Crippen LogP contribution in [0.25, 0.3) is 0 Å². The lowest BCUT2D eigenvalue weighted by Gasteiger charge is -2.06. The highest BCUT2D eigenvalue weighted by molar-refractivity contribution is 5.78. The minimum Gasteiger partial charge on any atom is -0.504 e. The van der Waals surface area contributed by atoms with Gasteiger partial charge in [0.25, 0.3) is 0 Å². The molecule has 0 unspecified atom stereocenters. The lowest BCUT2D eigenvalue weighted by Crippen LogP contribution is -2.26. The quantitative estimate of drug-likeness (QED) is 0.160. The Balaban J connectivity index is 1.88. The summed E-state index contributed by atoms with van der Waals surface area (Å²) in [5.41, 5.74) is 0.697. The highest BCUT2D eigenvalue weighted by Crippen LogP contribution is 2.24. The molecule has 0 saturated heterocycles. The molecule has 164 valence electrons. The molecule has 0 saturated carbocycles. The van der Waals surface area contributed by atoms with Gasteiger partial charge in [0.15, 0.2) is 11.5 Å². The van der Waals surface area contributed by atoms with Crippen molar-refractivity contribution in [1.29, 1.82) is 0 Å². The highest BCUT2D eigenvalue weighted by atomic mass is 16.3. The van der Waals surface area contributed by atoms with Gasteiger partial charge in [0.05, 0.1) is 6.42 Å². The van der Waals surface area contributed by atoms with Crippen molar-refractivity contribution < 1.29 is 15.0 Å². The van der Waals surface area contributed by atoms with E-state index in [-0.39, 0.29) is 23.8 Å². The molecule has 0 heterocycles. The Labute approximate surface area is 177 Å². The van der Waals surface area contributed by atoms with E-state index in [4.69, 9.17) is 0 Å². The number of hydrogen-bond acceptors (Lipinski definition) is 3. The monoisotopic (exact) mass is 403 g/mol. The number of allylic oxidation sites excluding steroid dienone is 2. The number of carbonyl (C=O) groups excluding carboxylic acids is 1. The van der Waals surface area contributed by atoms with E-state index in [1.165, 1.54) is 82.8 Å². The van der Waals surface area contributed by atoms with Crippen LogP contribution in [-0.4, -0.2) is 22.7 Å². The number of unbranched alkanes of at least 4 members (excludes halogenated alkanes) is 11. The molecule has 0 aromatic heterocycles. The molecule has 1 amide bonds. The summed E-state index contributed by atoms with van der Waals surface area (Å²) in [6.45, 7) is 2.95. The second kappa shape index (κ2) is 16.9. The fraction of sp³-hybridized carbons (Fsp3) is 0.640. The fourth-order valence-electron chi connectivity index (χ4n) is 3.35. The molecule has 3 N–H and O–H groups in total. The number of rotatable bonds is 17. The first-order chi connectivity index (χ1) is 14.1. The number of aromatic hydroxyl groups is 2. The summed E-state index contributed by atoms with van der Waals surface area (Å²) < 4.78 is 0. The van der Waals surface area contributed by atoms with Gasteiger partial charge in [-0.2, -0.15) is 0 Å². The zero-order valence-corrected chi connectivity index (χ0v) is 18.3. The number of benzene rings is 1. The third-order valence-electron chi connectivity index (χ3n) is 5.17. The standard InChI is InChI=1S/C25H41NO3/c1-2-3-4-5-6-7-8-9-10-11-12-13-14-15-16-19-26-25(29)21-22-17-18-23(27)24(28)20-22/h9-10,17-18,20,27-28H,2-8,11-16,19,21H2,1H3,(H,26,29)/b10-9+. The van der Waals surface area contributed by atoms with Gasteiger partial charge >= 0.3 is 0 Å². The Bertz CT molecular complexity index is 583. The summed E-state index contributed by atoms with van der Waals surface area (Å²) in [4.78, 5) is 11.9. The number of hydrogen-bond donors (Lipinski definition) is 3. The molecule has 1 rings (SSSR count). The molecule has 0 aliphatic heterocycles. The average Bonchev–Trinajstić information content (AvgIpc) is 2.70. The normalized spacial score (nSPS) is 11.2. The van der Waals surface area contributed by atoms with Crippen LogP contribution in [0.4, 0.5) is 0 Å². The molecule has 1 aromatic rings. The Morgan fingerprint density at radius 1 is 0.828 bits per heavy atom. The summed E-state index contributed by atoms with van der Waals surface area (Å²) in [5, 5.41) is 21.7. The summed E-state index contributed by atoms with van der Waals surface area (Å²) >= 11 is 0. The first-order valence-electron chi connectivity index (χ1n) is 11.6. The summed E-state index contributed by atoms with van der Waals surface area (Å²) in [6, 6.07) is 4.48. The molecule has 4 nitrogen and oxygen atoms in total. The van der Waals surface area contributed by atoms with E-state index in [1.807, 2.05) is 0 Å². The van der Waals surface area contributed by atoms with Gasteiger partial charge in [-0.15, -0.1) is 0 Å². The summed E-state index contributed by atoms with van der Waals surface area (Å²) in [7, 11) is 0. The predicted octanol–water partition coefficient (Wildman–Crippen LogP) is 6.40. The van der Waals surface area contributed by atoms with Crippen molar-refractivity contribution in [2.24, 2.45) is 0 Å². The van der Waals surface area contributed by atoms with Crippen LogP contribution in [0.2, 0.25) is 0 Å². The van der Waals surface area contributed by atoms with Gasteiger partial charge in [-0.25, -0.2) is 0 Å². The second-order valence-corrected chi connectivity index (χ2v) is 7.93. The SMILES string of the molecule is CCCCCCCC/C=C/CCCCCCCNC(=O)Cc1ccc(O)c(O)c1. The summed E-state index contributed by atoms with van der Waals surface area (Å²) in [6.07, 6.45) is 21.4. The topological polar surface area (TPSA) is 69.6 Å². The molecule has 0 bridgehead atoms. The van der Waals surface area contributed by atoms with Crippen molar-refractivity contribution >= 4 is 5.91 Å². The molecule has 29 heavy (non-hydrogen) atoms. The Hall–Kier alpha value is -1.97. The van der Waals surface area contributed by atoms with Crippen LogP contribution in [0.1, 0.15) is 96.0 Å². The molecule has 1 aromatic carbocycles. The predicted molar refractivity (Wildman–Crippen MR) is 121 cm³/mol. The van der Waals surface area contributed by atoms with Crippen molar-refractivity contribution in [3.05, 3.63) is 35.9 Å². The van der Waals surface area contributed by atoms with Gasteiger partial charge in [0.1, 0.15) is 0 Å². The molecule has 0 radical (unpaired) electrons. The smallest absolute Gasteiger partial charge is 0.224 e. The molecule has 0 fully saturated rings. The summed E-state index contributed by atoms with van der Waals surface area (Å²) in [5.74, 6) is -0.402.